The number of nitrogens with one attached hydrogen (secondary N) is 1. The molecule has 4 aromatic rings. The summed E-state index contributed by atoms with van der Waals surface area (Å²) in [6.07, 6.45) is -8.75. The Bertz CT molecular complexity index is 1990. The van der Waals surface area contributed by atoms with Crippen LogP contribution in [-0.4, -0.2) is 40.0 Å². The van der Waals surface area contributed by atoms with Crippen LogP contribution in [0.15, 0.2) is 51.7 Å². The van der Waals surface area contributed by atoms with Crippen molar-refractivity contribution in [3.8, 4) is 28.8 Å². The van der Waals surface area contributed by atoms with Gasteiger partial charge in [-0.25, -0.2) is 4.68 Å². The Balaban J connectivity index is 1.63. The highest BCUT2D eigenvalue weighted by Gasteiger charge is 2.43. The number of hydrogen-bond acceptors (Lipinski definition) is 8. The Morgan fingerprint density at radius 3 is 2.39 bits per heavy atom. The average Bonchev–Trinajstić information content (AvgIpc) is 3.53. The van der Waals surface area contributed by atoms with Gasteiger partial charge < -0.3 is 24.1 Å². The first-order valence-electron chi connectivity index (χ1n) is 13.6. The lowest BCUT2D eigenvalue weighted by molar-refractivity contribution is -0.286. The molecule has 16 heteroatoms. The van der Waals surface area contributed by atoms with E-state index in [9.17, 15) is 41.6 Å². The van der Waals surface area contributed by atoms with Gasteiger partial charge in [0, 0.05) is 35.5 Å². The van der Waals surface area contributed by atoms with Crippen molar-refractivity contribution in [1.82, 2.24) is 15.1 Å². The maximum atomic E-state index is 13.7. The number of nitrogens with zero attached hydrogens (tertiary/aromatic N) is 4. The van der Waals surface area contributed by atoms with Crippen LogP contribution in [0.1, 0.15) is 49.4 Å². The number of carbonyl (C=O) groups is 2. The molecule has 0 spiro atoms. The van der Waals surface area contributed by atoms with Crippen LogP contribution in [0.2, 0.25) is 0 Å². The van der Waals surface area contributed by atoms with Crippen molar-refractivity contribution in [3.05, 3.63) is 69.7 Å². The van der Waals surface area contributed by atoms with Crippen LogP contribution in [0.5, 0.6) is 11.5 Å². The average molecular weight is 646 g/mol. The maximum absolute atomic E-state index is 13.7. The third-order valence-electron chi connectivity index (χ3n) is 6.61. The van der Waals surface area contributed by atoms with Crippen LogP contribution < -0.4 is 25.2 Å². The Labute approximate surface area is 256 Å². The lowest BCUT2D eigenvalue weighted by Gasteiger charge is -2.21. The third kappa shape index (κ3) is 6.34. The van der Waals surface area contributed by atoms with Gasteiger partial charge in [-0.1, -0.05) is 0 Å². The van der Waals surface area contributed by atoms with Crippen LogP contribution in [-0.2, 0) is 17.5 Å². The van der Waals surface area contributed by atoms with E-state index in [4.69, 9.17) is 4.42 Å². The normalized spacial score (nSPS) is 13.8. The zero-order chi connectivity index (χ0) is 33.8. The summed E-state index contributed by atoms with van der Waals surface area (Å²) in [7, 11) is 0. The molecule has 1 aliphatic heterocycles. The fourth-order valence-corrected chi connectivity index (χ4v) is 4.70. The summed E-state index contributed by atoms with van der Waals surface area (Å²) < 4.78 is 83.5. The number of hydrogen-bond donors (Lipinski definition) is 1. The summed E-state index contributed by atoms with van der Waals surface area (Å²) in [5.41, 5.74) is -4.07. The fourth-order valence-electron chi connectivity index (χ4n) is 4.70. The number of nitriles is 1. The van der Waals surface area contributed by atoms with Crippen LogP contribution in [0.4, 0.5) is 27.6 Å². The molecule has 1 N–H and O–H groups in total. The Morgan fingerprint density at radius 2 is 1.76 bits per heavy atom. The zero-order valence-corrected chi connectivity index (χ0v) is 24.6. The number of benzene rings is 2. The summed E-state index contributed by atoms with van der Waals surface area (Å²) in [5, 5.41) is 16.0. The predicted molar refractivity (Wildman–Crippen MR) is 151 cm³/mol. The van der Waals surface area contributed by atoms with Crippen molar-refractivity contribution in [2.24, 2.45) is 0 Å². The minimum Gasteiger partial charge on any atom is -0.448 e. The lowest BCUT2D eigenvalue weighted by Crippen LogP contribution is -2.40. The van der Waals surface area contributed by atoms with Crippen molar-refractivity contribution in [3.63, 3.8) is 0 Å². The van der Waals surface area contributed by atoms with Crippen molar-refractivity contribution in [2.45, 2.75) is 52.2 Å². The highest BCUT2D eigenvalue weighted by molar-refractivity contribution is 5.99. The third-order valence-corrected chi connectivity index (χ3v) is 6.61. The molecule has 2 aromatic heterocycles. The maximum Gasteiger partial charge on any atom is 0.586 e. The number of fused-ring (bicyclic) bond motifs is 2. The highest BCUT2D eigenvalue weighted by Crippen LogP contribution is 2.43. The zero-order valence-electron chi connectivity index (χ0n) is 24.6. The number of furan rings is 1. The molecule has 3 heterocycles. The fraction of sp³-hybridized carbons (Fsp3) is 0.300. The molecule has 0 atom stereocenters. The number of halogens is 5. The van der Waals surface area contributed by atoms with E-state index in [1.54, 1.807) is 33.8 Å². The molecule has 0 aliphatic carbocycles. The van der Waals surface area contributed by atoms with E-state index < -0.39 is 47.5 Å². The Morgan fingerprint density at radius 1 is 1.07 bits per heavy atom. The molecule has 46 heavy (non-hydrogen) atoms. The lowest BCUT2D eigenvalue weighted by atomic mass is 10.0. The monoisotopic (exact) mass is 645 g/mol. The van der Waals surface area contributed by atoms with Crippen molar-refractivity contribution in [1.29, 1.82) is 5.26 Å². The smallest absolute Gasteiger partial charge is 0.448 e. The minimum absolute atomic E-state index is 0.000707. The second-order valence-electron chi connectivity index (χ2n) is 11.2. The molecule has 1 aliphatic rings. The van der Waals surface area contributed by atoms with E-state index in [2.05, 4.69) is 19.9 Å². The molecule has 0 bridgehead atoms. The number of amides is 2. The number of ether oxygens (including phenoxy) is 2. The molecule has 0 saturated heterocycles. The van der Waals surface area contributed by atoms with E-state index in [1.165, 1.54) is 12.1 Å². The molecule has 11 nitrogen and oxygen atoms in total. The number of carbonyl (C=O) groups excluding carboxylic acids is 2. The second kappa shape index (κ2) is 11.2. The topological polar surface area (TPSA) is 140 Å². The van der Waals surface area contributed by atoms with Crippen LogP contribution >= 0.6 is 0 Å². The molecule has 0 fully saturated rings. The summed E-state index contributed by atoms with van der Waals surface area (Å²) in [6, 6.07) is 8.78. The van der Waals surface area contributed by atoms with Crippen molar-refractivity contribution >= 4 is 28.5 Å². The number of rotatable bonds is 6. The predicted octanol–water partition coefficient (Wildman–Crippen LogP) is 5.45. The molecule has 5 rings (SSSR count). The molecule has 2 amide bonds. The Kier molecular flexibility index (Phi) is 7.75. The van der Waals surface area contributed by atoms with Gasteiger partial charge in [0.1, 0.15) is 12.2 Å². The van der Waals surface area contributed by atoms with Gasteiger partial charge in [0.05, 0.1) is 22.6 Å². The van der Waals surface area contributed by atoms with Gasteiger partial charge in [-0.2, -0.15) is 23.5 Å². The van der Waals surface area contributed by atoms with Crippen molar-refractivity contribution < 1.29 is 45.4 Å². The Hall–Kier alpha value is -5.46. The molecule has 0 unspecified atom stereocenters. The largest absolute Gasteiger partial charge is 0.586 e. The van der Waals surface area contributed by atoms with Crippen LogP contribution in [0.3, 0.4) is 0 Å². The second-order valence-corrected chi connectivity index (χ2v) is 11.2. The number of likely N-dealkylation sites (N-methyl/N-ethyl adjacent to an activating group) is 1. The first kappa shape index (κ1) is 31.9. The van der Waals surface area contributed by atoms with Crippen molar-refractivity contribution in [2.75, 3.05) is 11.4 Å². The summed E-state index contributed by atoms with van der Waals surface area (Å²) in [4.78, 5) is 41.1. The molecule has 240 valence electrons. The molecular formula is C30H24F5N5O6. The molecule has 2 aromatic carbocycles. The standard InChI is InChI=1S/C30H24F5N5O6/c1-5-39(18-6-7-20-21(11-18)46-30(34,35)45-20)23(41)14-40-27(43)19-12-22(26(42)37-28(2,3)4)44-25(19)24(38-40)16-8-15(13-36)9-17(10-16)29(31,32)33/h6-12H,5,14H2,1-4H3,(H,37,42). The summed E-state index contributed by atoms with van der Waals surface area (Å²) in [6.45, 7) is 5.88. The number of anilines is 1. The van der Waals surface area contributed by atoms with E-state index >= 15 is 0 Å². The van der Waals surface area contributed by atoms with E-state index in [-0.39, 0.29) is 57.3 Å². The first-order chi connectivity index (χ1) is 21.4. The van der Waals surface area contributed by atoms with Gasteiger partial charge in [0.25, 0.3) is 11.5 Å². The van der Waals surface area contributed by atoms with Gasteiger partial charge in [-0.05, 0) is 58.0 Å². The number of aromatic nitrogens is 2. The van der Waals surface area contributed by atoms with Gasteiger partial charge in [-0.15, -0.1) is 8.78 Å². The SMILES string of the molecule is CCN(C(=O)Cn1nc(-c2cc(C#N)cc(C(F)(F)F)c2)c2oc(C(=O)NC(C)(C)C)cc2c1=O)c1ccc2c(c1)OC(F)(F)O2. The molecule has 0 radical (unpaired) electrons. The van der Waals surface area contributed by atoms with Crippen LogP contribution in [0.25, 0.3) is 22.2 Å². The molecule has 0 saturated carbocycles. The number of alkyl halides is 5. The van der Waals surface area contributed by atoms with Gasteiger partial charge >= 0.3 is 12.5 Å². The first-order valence-corrected chi connectivity index (χ1v) is 13.6. The minimum atomic E-state index is -4.86. The van der Waals surface area contributed by atoms with Gasteiger partial charge in [0.2, 0.25) is 5.91 Å². The van der Waals surface area contributed by atoms with Gasteiger partial charge in [-0.3, -0.25) is 14.4 Å². The van der Waals surface area contributed by atoms with Gasteiger partial charge in [0.15, 0.2) is 22.8 Å². The summed E-state index contributed by atoms with van der Waals surface area (Å²) in [5.74, 6) is -2.43. The molecular weight excluding hydrogens is 621 g/mol. The summed E-state index contributed by atoms with van der Waals surface area (Å²) >= 11 is 0. The highest BCUT2D eigenvalue weighted by atomic mass is 19.4. The van der Waals surface area contributed by atoms with E-state index in [1.807, 2.05) is 0 Å². The van der Waals surface area contributed by atoms with E-state index in [0.29, 0.717) is 16.8 Å². The van der Waals surface area contributed by atoms with E-state index in [0.717, 1.165) is 23.1 Å². The quantitative estimate of drug-likeness (QED) is 0.273. The van der Waals surface area contributed by atoms with Crippen LogP contribution in [0, 0.1) is 11.3 Å².